The maximum atomic E-state index is 12.6. The normalized spacial score (nSPS) is 14.2. The van der Waals surface area contributed by atoms with Gasteiger partial charge in [-0.25, -0.2) is 18.5 Å². The first-order valence-electron chi connectivity index (χ1n) is 8.11. The molecule has 0 fully saturated rings. The van der Waals surface area contributed by atoms with E-state index in [1.165, 1.54) is 17.5 Å². The van der Waals surface area contributed by atoms with Crippen LogP contribution in [0.5, 0.6) is 0 Å². The lowest BCUT2D eigenvalue weighted by Gasteiger charge is -2.00. The second-order valence-corrected chi connectivity index (χ2v) is 9.39. The molecule has 0 aliphatic heterocycles. The first kappa shape index (κ1) is 19.5. The number of hydrogen-bond donors (Lipinski definition) is 0. The summed E-state index contributed by atoms with van der Waals surface area (Å²) in [6.07, 6.45) is 0.0560. The maximum absolute atomic E-state index is 12.6. The number of pyridine rings is 1. The summed E-state index contributed by atoms with van der Waals surface area (Å²) in [5, 5.41) is 5.20. The standard InChI is InChI=1S/C16H13F3N6O2S2/c1-29(26,8-12-7-28-9-20-12)21-4-11-6-25-5-10(2-3-13(25)22-11)14-23-15(27-24-14)16(17,18)19/h2-3,5-7,9H,4,8H2,1H3. The number of imidazole rings is 1. The molecular formula is C16H13F3N6O2S2. The van der Waals surface area contributed by atoms with Gasteiger partial charge >= 0.3 is 12.1 Å². The molecule has 152 valence electrons. The molecule has 1 unspecified atom stereocenters. The van der Waals surface area contributed by atoms with E-state index >= 15 is 0 Å². The molecule has 8 nitrogen and oxygen atoms in total. The summed E-state index contributed by atoms with van der Waals surface area (Å²) in [5.41, 5.74) is 3.86. The fourth-order valence-corrected chi connectivity index (χ4v) is 4.41. The Hall–Kier alpha value is -2.80. The summed E-state index contributed by atoms with van der Waals surface area (Å²) in [6, 6.07) is 3.15. The van der Waals surface area contributed by atoms with Crippen LogP contribution in [-0.2, 0) is 28.2 Å². The van der Waals surface area contributed by atoms with Gasteiger partial charge in [0, 0.05) is 39.3 Å². The van der Waals surface area contributed by atoms with Crippen LogP contribution in [0.2, 0.25) is 0 Å². The molecule has 29 heavy (non-hydrogen) atoms. The third-order valence-corrected chi connectivity index (χ3v) is 5.97. The van der Waals surface area contributed by atoms with Crippen LogP contribution in [0.4, 0.5) is 13.2 Å². The van der Waals surface area contributed by atoms with Crippen LogP contribution in [-0.4, -0.2) is 35.0 Å². The number of aromatic nitrogens is 5. The molecule has 4 rings (SSSR count). The second-order valence-electron chi connectivity index (χ2n) is 6.21. The summed E-state index contributed by atoms with van der Waals surface area (Å²) in [6.45, 7) is 0.136. The molecule has 0 aromatic carbocycles. The molecule has 4 aromatic rings. The Balaban J connectivity index is 1.56. The Labute approximate surface area is 166 Å². The Morgan fingerprint density at radius 1 is 1.24 bits per heavy atom. The topological polar surface area (TPSA) is 98.5 Å². The van der Waals surface area contributed by atoms with Gasteiger partial charge in [0.25, 0.3) is 0 Å². The number of hydrogen-bond acceptors (Lipinski definition) is 8. The zero-order valence-corrected chi connectivity index (χ0v) is 16.5. The third kappa shape index (κ3) is 4.45. The van der Waals surface area contributed by atoms with E-state index in [1.807, 2.05) is 5.38 Å². The number of alkyl halides is 3. The van der Waals surface area contributed by atoms with Crippen molar-refractivity contribution in [2.75, 3.05) is 6.26 Å². The minimum Gasteiger partial charge on any atom is -0.329 e. The third-order valence-electron chi connectivity index (χ3n) is 3.83. The molecule has 0 aliphatic rings. The smallest absolute Gasteiger partial charge is 0.329 e. The molecule has 0 N–H and O–H groups in total. The van der Waals surface area contributed by atoms with Gasteiger partial charge in [0.05, 0.1) is 29.2 Å². The van der Waals surface area contributed by atoms with E-state index in [2.05, 4.69) is 29.0 Å². The van der Waals surface area contributed by atoms with Crippen molar-refractivity contribution < 1.29 is 21.9 Å². The minimum atomic E-state index is -4.70. The number of fused-ring (bicyclic) bond motifs is 1. The highest BCUT2D eigenvalue weighted by atomic mass is 32.2. The first-order valence-corrected chi connectivity index (χ1v) is 11.1. The summed E-state index contributed by atoms with van der Waals surface area (Å²) in [7, 11) is -2.47. The van der Waals surface area contributed by atoms with Crippen LogP contribution >= 0.6 is 11.3 Å². The van der Waals surface area contributed by atoms with Crippen LogP contribution in [0.25, 0.3) is 17.0 Å². The van der Waals surface area contributed by atoms with Crippen LogP contribution in [0.15, 0.2) is 44.3 Å². The van der Waals surface area contributed by atoms with Crippen molar-refractivity contribution in [2.45, 2.75) is 18.5 Å². The average molecular weight is 442 g/mol. The average Bonchev–Trinajstić information content (AvgIpc) is 3.38. The van der Waals surface area contributed by atoms with Gasteiger partial charge in [-0.1, -0.05) is 5.16 Å². The van der Waals surface area contributed by atoms with Gasteiger partial charge in [-0.15, -0.1) is 11.3 Å². The monoisotopic (exact) mass is 442 g/mol. The Kier molecular flexibility index (Phi) is 4.86. The van der Waals surface area contributed by atoms with E-state index in [-0.39, 0.29) is 18.1 Å². The van der Waals surface area contributed by atoms with E-state index in [4.69, 9.17) is 0 Å². The van der Waals surface area contributed by atoms with Gasteiger partial charge in [-0.2, -0.15) is 18.2 Å². The van der Waals surface area contributed by atoms with E-state index < -0.39 is 21.8 Å². The first-order chi connectivity index (χ1) is 13.7. The fourth-order valence-electron chi connectivity index (χ4n) is 2.54. The van der Waals surface area contributed by atoms with Crippen molar-refractivity contribution in [3.8, 4) is 11.4 Å². The zero-order valence-electron chi connectivity index (χ0n) is 14.8. The molecule has 0 radical (unpaired) electrons. The Bertz CT molecular complexity index is 1270. The van der Waals surface area contributed by atoms with Crippen molar-refractivity contribution in [2.24, 2.45) is 4.36 Å². The Morgan fingerprint density at radius 3 is 2.76 bits per heavy atom. The zero-order chi connectivity index (χ0) is 20.6. The summed E-state index contributed by atoms with van der Waals surface area (Å²) < 4.78 is 60.6. The van der Waals surface area contributed by atoms with Crippen molar-refractivity contribution in [3.63, 3.8) is 0 Å². The molecule has 0 saturated carbocycles. The quantitative estimate of drug-likeness (QED) is 0.468. The second kappa shape index (κ2) is 7.22. The SMILES string of the molecule is CS(=O)(Cc1cscn1)=NCc1cn2cc(-c3noc(C(F)(F)F)n3)ccc2n1. The van der Waals surface area contributed by atoms with Gasteiger partial charge in [0.15, 0.2) is 0 Å². The predicted molar refractivity (Wildman–Crippen MR) is 99.5 cm³/mol. The highest BCUT2D eigenvalue weighted by molar-refractivity contribution is 7.92. The van der Waals surface area contributed by atoms with E-state index in [9.17, 15) is 17.4 Å². The molecule has 4 heterocycles. The highest BCUT2D eigenvalue weighted by Crippen LogP contribution is 2.29. The van der Waals surface area contributed by atoms with Crippen LogP contribution in [0, 0.1) is 0 Å². The molecule has 0 spiro atoms. The van der Waals surface area contributed by atoms with Crippen molar-refractivity contribution in [1.29, 1.82) is 0 Å². The molecule has 0 aliphatic carbocycles. The molecule has 0 amide bonds. The molecule has 4 aromatic heterocycles. The molecule has 1 atom stereocenters. The van der Waals surface area contributed by atoms with E-state index in [0.717, 1.165) is 5.69 Å². The van der Waals surface area contributed by atoms with Gasteiger partial charge in [-0.05, 0) is 12.1 Å². The highest BCUT2D eigenvalue weighted by Gasteiger charge is 2.38. The van der Waals surface area contributed by atoms with Gasteiger partial charge < -0.3 is 8.92 Å². The van der Waals surface area contributed by atoms with Crippen LogP contribution in [0.3, 0.4) is 0 Å². The molecule has 13 heteroatoms. The van der Waals surface area contributed by atoms with Crippen LogP contribution < -0.4 is 0 Å². The largest absolute Gasteiger partial charge is 0.471 e. The maximum Gasteiger partial charge on any atom is 0.471 e. The van der Waals surface area contributed by atoms with E-state index in [1.54, 1.807) is 34.5 Å². The lowest BCUT2D eigenvalue weighted by atomic mass is 10.3. The lowest BCUT2D eigenvalue weighted by Crippen LogP contribution is -2.04. The van der Waals surface area contributed by atoms with Crippen LogP contribution in [0.1, 0.15) is 17.3 Å². The van der Waals surface area contributed by atoms with Crippen molar-refractivity contribution in [1.82, 2.24) is 24.5 Å². The lowest BCUT2D eigenvalue weighted by molar-refractivity contribution is -0.159. The molecule has 0 bridgehead atoms. The number of halogens is 3. The van der Waals surface area contributed by atoms with Crippen molar-refractivity contribution >= 4 is 26.7 Å². The minimum absolute atomic E-state index is 0.136. The molecule has 0 saturated heterocycles. The van der Waals surface area contributed by atoms with Gasteiger partial charge in [-0.3, -0.25) is 0 Å². The molecular weight excluding hydrogens is 429 g/mol. The van der Waals surface area contributed by atoms with E-state index in [0.29, 0.717) is 16.9 Å². The summed E-state index contributed by atoms with van der Waals surface area (Å²) >= 11 is 1.43. The van der Waals surface area contributed by atoms with Crippen molar-refractivity contribution in [3.05, 3.63) is 52.7 Å². The van der Waals surface area contributed by atoms with Gasteiger partial charge in [0.2, 0.25) is 5.82 Å². The number of thiazole rings is 1. The summed E-state index contributed by atoms with van der Waals surface area (Å²) in [5.74, 6) is -1.33. The summed E-state index contributed by atoms with van der Waals surface area (Å²) in [4.78, 5) is 11.9. The van der Waals surface area contributed by atoms with Gasteiger partial charge in [0.1, 0.15) is 5.65 Å². The Morgan fingerprint density at radius 2 is 2.07 bits per heavy atom. The number of nitrogens with zero attached hydrogens (tertiary/aromatic N) is 6. The fraction of sp³-hybridized carbons (Fsp3) is 0.250. The predicted octanol–water partition coefficient (Wildman–Crippen LogP) is 3.66. The number of rotatable bonds is 5.